The molecule has 1 aliphatic heterocycles. The number of ether oxygens (including phenoxy) is 1. The van der Waals surface area contributed by atoms with Gasteiger partial charge in [-0.25, -0.2) is 15.0 Å². The number of aromatic nitrogens is 4. The van der Waals surface area contributed by atoms with E-state index in [2.05, 4.69) is 15.0 Å². The predicted octanol–water partition coefficient (Wildman–Crippen LogP) is 0.296. The van der Waals surface area contributed by atoms with Crippen molar-refractivity contribution in [1.82, 2.24) is 19.5 Å². The zero-order chi connectivity index (χ0) is 12.7. The van der Waals surface area contributed by atoms with Crippen LogP contribution in [0.3, 0.4) is 0 Å². The monoisotopic (exact) mass is 269 g/mol. The maximum atomic E-state index is 9.10. The number of anilines is 1. The van der Waals surface area contributed by atoms with Gasteiger partial charge in [-0.2, -0.15) is 0 Å². The van der Waals surface area contributed by atoms with Crippen molar-refractivity contribution in [3.05, 3.63) is 12.7 Å². The third kappa shape index (κ3) is 1.71. The molecule has 3 heterocycles. The second-order valence-electron chi connectivity index (χ2n) is 4.17. The highest BCUT2D eigenvalue weighted by molar-refractivity contribution is 6.21. The number of nitrogens with two attached hydrogens (primary N) is 1. The smallest absolute Gasteiger partial charge is 0.167 e. The number of imidazole rings is 1. The summed E-state index contributed by atoms with van der Waals surface area (Å²) in [6, 6.07) is 0. The lowest BCUT2D eigenvalue weighted by atomic mass is 10.2. The van der Waals surface area contributed by atoms with Gasteiger partial charge in [0.2, 0.25) is 0 Å². The fourth-order valence-electron chi connectivity index (χ4n) is 2.12. The molecule has 1 saturated heterocycles. The Morgan fingerprint density at radius 2 is 2.33 bits per heavy atom. The first-order chi connectivity index (χ1) is 8.70. The van der Waals surface area contributed by atoms with Crippen LogP contribution in [0.15, 0.2) is 12.7 Å². The van der Waals surface area contributed by atoms with Gasteiger partial charge in [0.1, 0.15) is 11.8 Å². The third-order valence-electron chi connectivity index (χ3n) is 2.99. The fourth-order valence-corrected chi connectivity index (χ4v) is 2.50. The Balaban J connectivity index is 2.02. The lowest BCUT2D eigenvalue weighted by Gasteiger charge is -2.15. The van der Waals surface area contributed by atoms with Crippen LogP contribution in [0.25, 0.3) is 11.2 Å². The van der Waals surface area contributed by atoms with Crippen LogP contribution in [0, 0.1) is 0 Å². The lowest BCUT2D eigenvalue weighted by Crippen LogP contribution is -2.16. The van der Waals surface area contributed by atoms with E-state index in [1.165, 1.54) is 6.33 Å². The minimum atomic E-state index is -0.400. The molecular weight excluding hydrogens is 258 g/mol. The molecule has 3 N–H and O–H groups in total. The molecule has 2 aromatic rings. The molecule has 3 atom stereocenters. The number of aliphatic hydroxyl groups is 1. The van der Waals surface area contributed by atoms with Crippen molar-refractivity contribution in [2.75, 3.05) is 12.3 Å². The maximum absolute atomic E-state index is 9.10. The Morgan fingerprint density at radius 1 is 1.50 bits per heavy atom. The average molecular weight is 270 g/mol. The summed E-state index contributed by atoms with van der Waals surface area (Å²) in [6.07, 6.45) is 2.88. The quantitative estimate of drug-likeness (QED) is 0.761. The molecule has 3 rings (SSSR count). The number of aliphatic hydroxyl groups excluding tert-OH is 1. The molecule has 0 aliphatic carbocycles. The van der Waals surface area contributed by atoms with E-state index >= 15 is 0 Å². The van der Waals surface area contributed by atoms with E-state index in [0.29, 0.717) is 23.4 Å². The number of nitrogen functional groups attached to an aromatic ring is 1. The Labute approximate surface area is 108 Å². The maximum Gasteiger partial charge on any atom is 0.167 e. The van der Waals surface area contributed by atoms with Gasteiger partial charge in [-0.1, -0.05) is 0 Å². The summed E-state index contributed by atoms with van der Waals surface area (Å²) < 4.78 is 7.38. The third-order valence-corrected chi connectivity index (χ3v) is 3.39. The fraction of sp³-hybridized carbons (Fsp3) is 0.500. The van der Waals surface area contributed by atoms with Crippen LogP contribution in [0.4, 0.5) is 5.82 Å². The largest absolute Gasteiger partial charge is 0.394 e. The number of fused-ring (bicyclic) bond motifs is 1. The van der Waals surface area contributed by atoms with Crippen molar-refractivity contribution >= 4 is 28.6 Å². The number of alkyl halides is 1. The zero-order valence-corrected chi connectivity index (χ0v) is 10.2. The van der Waals surface area contributed by atoms with Gasteiger partial charge in [-0.3, -0.25) is 4.57 Å². The van der Waals surface area contributed by atoms with Crippen molar-refractivity contribution in [3.63, 3.8) is 0 Å². The van der Waals surface area contributed by atoms with Crippen molar-refractivity contribution in [2.45, 2.75) is 24.1 Å². The molecule has 0 aromatic carbocycles. The van der Waals surface area contributed by atoms with Crippen molar-refractivity contribution in [1.29, 1.82) is 0 Å². The van der Waals surface area contributed by atoms with Crippen LogP contribution >= 0.6 is 11.6 Å². The molecule has 18 heavy (non-hydrogen) atoms. The first kappa shape index (κ1) is 11.6. The van der Waals surface area contributed by atoms with E-state index in [-0.39, 0.29) is 18.1 Å². The van der Waals surface area contributed by atoms with Crippen LogP contribution in [0.1, 0.15) is 12.6 Å². The van der Waals surface area contributed by atoms with E-state index in [1.54, 1.807) is 10.9 Å². The highest BCUT2D eigenvalue weighted by Gasteiger charge is 2.35. The Hall–Kier alpha value is -1.44. The molecule has 0 saturated carbocycles. The Bertz CT molecular complexity index is 574. The molecule has 2 aromatic heterocycles. The minimum Gasteiger partial charge on any atom is -0.394 e. The molecule has 7 nitrogen and oxygen atoms in total. The summed E-state index contributed by atoms with van der Waals surface area (Å²) in [4.78, 5) is 12.2. The zero-order valence-electron chi connectivity index (χ0n) is 9.40. The molecule has 0 spiro atoms. The van der Waals surface area contributed by atoms with Gasteiger partial charge in [0.15, 0.2) is 17.7 Å². The summed E-state index contributed by atoms with van der Waals surface area (Å²) in [5, 5.41) is 8.86. The SMILES string of the molecule is Nc1ncnc2c1ncn2[C@@H]1O[C@H](CO)CC1Cl. The van der Waals surface area contributed by atoms with Crippen molar-refractivity contribution in [2.24, 2.45) is 0 Å². The molecule has 0 radical (unpaired) electrons. The Kier molecular flexibility index (Phi) is 2.81. The van der Waals surface area contributed by atoms with Gasteiger partial charge in [0, 0.05) is 0 Å². The summed E-state index contributed by atoms with van der Waals surface area (Å²) >= 11 is 6.22. The summed E-state index contributed by atoms with van der Waals surface area (Å²) in [7, 11) is 0. The summed E-state index contributed by atoms with van der Waals surface area (Å²) in [5.41, 5.74) is 6.82. The molecule has 96 valence electrons. The van der Waals surface area contributed by atoms with Crippen LogP contribution in [0.2, 0.25) is 0 Å². The van der Waals surface area contributed by atoms with E-state index in [4.69, 9.17) is 27.2 Å². The molecule has 1 unspecified atom stereocenters. The van der Waals surface area contributed by atoms with Crippen LogP contribution in [0.5, 0.6) is 0 Å². The lowest BCUT2D eigenvalue weighted by molar-refractivity contribution is -0.0199. The van der Waals surface area contributed by atoms with E-state index < -0.39 is 6.23 Å². The molecule has 1 fully saturated rings. The number of halogens is 1. The van der Waals surface area contributed by atoms with Gasteiger partial charge in [0.05, 0.1) is 24.4 Å². The number of rotatable bonds is 2. The van der Waals surface area contributed by atoms with E-state index in [0.717, 1.165) is 0 Å². The number of nitrogens with zero attached hydrogens (tertiary/aromatic N) is 4. The van der Waals surface area contributed by atoms with E-state index in [9.17, 15) is 0 Å². The molecule has 0 amide bonds. The van der Waals surface area contributed by atoms with Crippen molar-refractivity contribution < 1.29 is 9.84 Å². The minimum absolute atomic E-state index is 0.0521. The topological polar surface area (TPSA) is 99.1 Å². The Morgan fingerprint density at radius 3 is 3.06 bits per heavy atom. The first-order valence-electron chi connectivity index (χ1n) is 5.54. The van der Waals surface area contributed by atoms with Crippen LogP contribution < -0.4 is 5.73 Å². The highest BCUT2D eigenvalue weighted by atomic mass is 35.5. The summed E-state index contributed by atoms with van der Waals surface area (Å²) in [6.45, 7) is -0.0521. The molecule has 1 aliphatic rings. The van der Waals surface area contributed by atoms with Gasteiger partial charge >= 0.3 is 0 Å². The predicted molar refractivity (Wildman–Crippen MR) is 65.0 cm³/mol. The van der Waals surface area contributed by atoms with Gasteiger partial charge < -0.3 is 15.6 Å². The van der Waals surface area contributed by atoms with Gasteiger partial charge in [-0.15, -0.1) is 11.6 Å². The molecule has 0 bridgehead atoms. The average Bonchev–Trinajstić information content (AvgIpc) is 2.93. The van der Waals surface area contributed by atoms with Gasteiger partial charge in [-0.05, 0) is 6.42 Å². The molecular formula is C10H12ClN5O2. The van der Waals surface area contributed by atoms with Crippen molar-refractivity contribution in [3.8, 4) is 0 Å². The molecule has 8 heteroatoms. The van der Waals surface area contributed by atoms with Gasteiger partial charge in [0.25, 0.3) is 0 Å². The van der Waals surface area contributed by atoms with Crippen LogP contribution in [-0.4, -0.2) is 42.7 Å². The van der Waals surface area contributed by atoms with E-state index in [1.807, 2.05) is 0 Å². The second-order valence-corrected chi connectivity index (χ2v) is 4.73. The second kappa shape index (κ2) is 4.34. The standard InChI is InChI=1S/C10H12ClN5O2/c11-6-1-5(2-17)18-10(6)16-4-15-7-8(12)13-3-14-9(7)16/h3-6,10,17H,1-2H2,(H2,12,13,14)/t5-,6?,10+/m0/s1. The number of hydrogen-bond donors (Lipinski definition) is 2. The normalized spacial score (nSPS) is 28.0. The first-order valence-corrected chi connectivity index (χ1v) is 5.97. The van der Waals surface area contributed by atoms with Crippen LogP contribution in [-0.2, 0) is 4.74 Å². The highest BCUT2D eigenvalue weighted by Crippen LogP contribution is 2.34. The summed E-state index contributed by atoms with van der Waals surface area (Å²) in [5.74, 6) is 0.321. The number of hydrogen-bond acceptors (Lipinski definition) is 6.